The summed E-state index contributed by atoms with van der Waals surface area (Å²) in [5.74, 6) is -1.54. The number of carbonyl (C=O) groups excluding carboxylic acids is 3. The van der Waals surface area contributed by atoms with Gasteiger partial charge in [-0.05, 0) is 90.0 Å². The van der Waals surface area contributed by atoms with Gasteiger partial charge in [-0.1, -0.05) is 45.2 Å². The lowest BCUT2D eigenvalue weighted by atomic mass is 10.2. The van der Waals surface area contributed by atoms with E-state index in [-0.39, 0.29) is 28.2 Å². The van der Waals surface area contributed by atoms with E-state index in [1.54, 1.807) is 30.3 Å². The Kier molecular flexibility index (Phi) is 11.4. The third-order valence-corrected chi connectivity index (χ3v) is 7.42. The monoisotopic (exact) mass is 746 g/mol. The number of aryl methyl sites for hydroxylation is 1. The first-order chi connectivity index (χ1) is 18.6. The van der Waals surface area contributed by atoms with Gasteiger partial charge in [-0.3, -0.25) is 14.4 Å². The van der Waals surface area contributed by atoms with E-state index in [1.807, 2.05) is 48.6 Å². The van der Waals surface area contributed by atoms with Crippen LogP contribution in [-0.4, -0.2) is 37.1 Å². The van der Waals surface area contributed by atoms with Crippen LogP contribution in [0.2, 0.25) is 10.0 Å². The predicted molar refractivity (Wildman–Crippen MR) is 164 cm³/mol. The molecule has 0 fully saturated rings. The third-order valence-electron chi connectivity index (χ3n) is 4.91. The fourth-order valence-corrected chi connectivity index (χ4v) is 4.49. The molecular weight excluding hydrogens is 726 g/mol. The maximum Gasteiger partial charge on any atom is 0.329 e. The minimum Gasteiger partial charge on any atom is -0.490 e. The summed E-state index contributed by atoms with van der Waals surface area (Å²) < 4.78 is 13.1. The van der Waals surface area contributed by atoms with Crippen LogP contribution in [0, 0.1) is 10.5 Å². The van der Waals surface area contributed by atoms with Crippen molar-refractivity contribution >= 4 is 97.0 Å². The minimum absolute atomic E-state index is 0.116. The molecule has 204 valence electrons. The van der Waals surface area contributed by atoms with Crippen molar-refractivity contribution in [3.63, 3.8) is 0 Å². The number of hydrogen-bond donors (Lipinski definition) is 3. The predicted octanol–water partition coefficient (Wildman–Crippen LogP) is 6.17. The molecule has 39 heavy (non-hydrogen) atoms. The van der Waals surface area contributed by atoms with Crippen LogP contribution >= 0.6 is 61.7 Å². The Morgan fingerprint density at radius 1 is 1.05 bits per heavy atom. The zero-order valence-corrected chi connectivity index (χ0v) is 25.9. The van der Waals surface area contributed by atoms with Crippen molar-refractivity contribution in [1.82, 2.24) is 5.43 Å². The van der Waals surface area contributed by atoms with Crippen molar-refractivity contribution in [3.05, 3.63) is 77.7 Å². The number of anilines is 2. The Morgan fingerprint density at radius 2 is 1.82 bits per heavy atom. The Morgan fingerprint density at radius 3 is 2.54 bits per heavy atom. The fourth-order valence-electron chi connectivity index (χ4n) is 3.12. The minimum atomic E-state index is -1.01. The summed E-state index contributed by atoms with van der Waals surface area (Å²) in [7, 11) is 0. The van der Waals surface area contributed by atoms with Crippen LogP contribution in [0.25, 0.3) is 0 Å². The number of ether oxygens (including phenoxy) is 2. The highest BCUT2D eigenvalue weighted by Crippen LogP contribution is 2.34. The molecule has 0 atom stereocenters. The molecule has 3 amide bonds. The van der Waals surface area contributed by atoms with Gasteiger partial charge in [0.25, 0.3) is 5.91 Å². The molecule has 3 aromatic carbocycles. The Bertz CT molecular complexity index is 1440. The summed E-state index contributed by atoms with van der Waals surface area (Å²) >= 11 is 17.4. The van der Waals surface area contributed by atoms with E-state index < -0.39 is 11.8 Å². The standard InChI is InChI=1S/C26H22BrCl2IN4O5/c1-3-38-21-11-15(12-31-34-26(37)25(36)33-20-6-4-5-18(28)23(20)29)10-19(30)24(21)39-13-22(35)32-16-7-8-17(27)14(2)9-16/h4-12H,3,13H2,1-2H3,(H,32,35)(H,33,36)(H,34,37)/b31-12-. The molecule has 13 heteroatoms. The average Bonchev–Trinajstić information content (AvgIpc) is 2.88. The molecule has 0 heterocycles. The van der Waals surface area contributed by atoms with Crippen molar-refractivity contribution in [2.24, 2.45) is 5.10 Å². The number of hydrogen-bond acceptors (Lipinski definition) is 6. The van der Waals surface area contributed by atoms with E-state index in [9.17, 15) is 14.4 Å². The summed E-state index contributed by atoms with van der Waals surface area (Å²) in [6, 6.07) is 13.5. The lowest BCUT2D eigenvalue weighted by Crippen LogP contribution is -2.32. The number of hydrazone groups is 1. The highest BCUT2D eigenvalue weighted by molar-refractivity contribution is 14.1. The molecule has 0 saturated carbocycles. The topological polar surface area (TPSA) is 118 Å². The van der Waals surface area contributed by atoms with Gasteiger partial charge in [-0.2, -0.15) is 5.10 Å². The molecule has 0 spiro atoms. The second-order valence-corrected chi connectivity index (χ2v) is 10.6. The largest absolute Gasteiger partial charge is 0.490 e. The van der Waals surface area contributed by atoms with Crippen molar-refractivity contribution in [1.29, 1.82) is 0 Å². The lowest BCUT2D eigenvalue weighted by molar-refractivity contribution is -0.136. The van der Waals surface area contributed by atoms with Crippen LogP contribution in [0.15, 0.2) is 58.1 Å². The van der Waals surface area contributed by atoms with Gasteiger partial charge in [-0.25, -0.2) is 5.43 Å². The molecule has 3 N–H and O–H groups in total. The van der Waals surface area contributed by atoms with Crippen molar-refractivity contribution in [2.45, 2.75) is 13.8 Å². The van der Waals surface area contributed by atoms with E-state index >= 15 is 0 Å². The molecule has 0 aliphatic carbocycles. The first-order valence-electron chi connectivity index (χ1n) is 11.3. The first kappa shape index (κ1) is 30.7. The van der Waals surface area contributed by atoms with E-state index in [0.717, 1.165) is 10.0 Å². The van der Waals surface area contributed by atoms with E-state index in [2.05, 4.69) is 37.1 Å². The van der Waals surface area contributed by atoms with Gasteiger partial charge >= 0.3 is 11.8 Å². The summed E-state index contributed by atoms with van der Waals surface area (Å²) in [4.78, 5) is 36.7. The zero-order valence-electron chi connectivity index (χ0n) is 20.6. The Balaban J connectivity index is 1.62. The van der Waals surface area contributed by atoms with Crippen molar-refractivity contribution in [3.8, 4) is 11.5 Å². The van der Waals surface area contributed by atoms with Crippen LogP contribution in [0.1, 0.15) is 18.1 Å². The Labute approximate surface area is 256 Å². The van der Waals surface area contributed by atoms with Gasteiger partial charge in [0.05, 0.1) is 32.1 Å². The average molecular weight is 748 g/mol. The molecule has 0 aliphatic rings. The van der Waals surface area contributed by atoms with E-state index in [0.29, 0.717) is 32.9 Å². The normalized spacial score (nSPS) is 10.7. The molecular formula is C26H22BrCl2IN4O5. The van der Waals surface area contributed by atoms with Crippen LogP contribution in [0.3, 0.4) is 0 Å². The maximum atomic E-state index is 12.4. The van der Waals surface area contributed by atoms with Crippen molar-refractivity contribution in [2.75, 3.05) is 23.8 Å². The SMILES string of the molecule is CCOc1cc(/C=N\NC(=O)C(=O)Nc2cccc(Cl)c2Cl)cc(I)c1OCC(=O)Nc1ccc(Br)c(C)c1. The van der Waals surface area contributed by atoms with E-state index in [1.165, 1.54) is 12.3 Å². The zero-order chi connectivity index (χ0) is 28.5. The number of nitrogens with zero attached hydrogens (tertiary/aromatic N) is 1. The van der Waals surface area contributed by atoms with Crippen LogP contribution in [0.5, 0.6) is 11.5 Å². The van der Waals surface area contributed by atoms with Gasteiger partial charge in [-0.15, -0.1) is 0 Å². The maximum absolute atomic E-state index is 12.4. The highest BCUT2D eigenvalue weighted by Gasteiger charge is 2.17. The molecule has 0 aliphatic heterocycles. The van der Waals surface area contributed by atoms with Gasteiger partial charge in [0, 0.05) is 10.2 Å². The fraction of sp³-hybridized carbons (Fsp3) is 0.154. The number of nitrogens with one attached hydrogen (secondary N) is 3. The molecule has 3 rings (SSSR count). The van der Waals surface area contributed by atoms with Gasteiger partial charge in [0.2, 0.25) is 0 Å². The number of halogens is 4. The third kappa shape index (κ3) is 8.82. The second kappa shape index (κ2) is 14.5. The number of amides is 3. The van der Waals surface area contributed by atoms with Crippen LogP contribution in [-0.2, 0) is 14.4 Å². The van der Waals surface area contributed by atoms with Crippen molar-refractivity contribution < 1.29 is 23.9 Å². The summed E-state index contributed by atoms with van der Waals surface area (Å²) in [5.41, 5.74) is 4.55. The number of carbonyl (C=O) groups is 3. The quantitative estimate of drug-likeness (QED) is 0.105. The van der Waals surface area contributed by atoms with Gasteiger partial charge in [0.1, 0.15) is 0 Å². The Hall–Kier alpha value is -2.87. The molecule has 0 aromatic heterocycles. The number of rotatable bonds is 9. The lowest BCUT2D eigenvalue weighted by Gasteiger charge is -2.15. The molecule has 3 aromatic rings. The molecule has 0 radical (unpaired) electrons. The first-order valence-corrected chi connectivity index (χ1v) is 13.9. The van der Waals surface area contributed by atoms with E-state index in [4.69, 9.17) is 32.7 Å². The second-order valence-electron chi connectivity index (χ2n) is 7.82. The molecule has 0 bridgehead atoms. The summed E-state index contributed by atoms with van der Waals surface area (Å²) in [6.07, 6.45) is 1.34. The van der Waals surface area contributed by atoms with Gasteiger partial charge < -0.3 is 20.1 Å². The molecule has 0 unspecified atom stereocenters. The number of benzene rings is 3. The smallest absolute Gasteiger partial charge is 0.329 e. The van der Waals surface area contributed by atoms with Crippen LogP contribution in [0.4, 0.5) is 11.4 Å². The van der Waals surface area contributed by atoms with Crippen LogP contribution < -0.4 is 25.5 Å². The highest BCUT2D eigenvalue weighted by atomic mass is 127. The summed E-state index contributed by atoms with van der Waals surface area (Å²) in [5, 5.41) is 9.36. The summed E-state index contributed by atoms with van der Waals surface area (Å²) in [6.45, 7) is 3.85. The molecule has 9 nitrogen and oxygen atoms in total. The van der Waals surface area contributed by atoms with Gasteiger partial charge in [0.15, 0.2) is 18.1 Å². The molecule has 0 saturated heterocycles.